The summed E-state index contributed by atoms with van der Waals surface area (Å²) in [4.78, 5) is 0. The van der Waals surface area contributed by atoms with Crippen molar-refractivity contribution in [2.45, 2.75) is 0 Å². The molecule has 0 aliphatic carbocycles. The summed E-state index contributed by atoms with van der Waals surface area (Å²) in [5.41, 5.74) is 15.7. The molecule has 0 atom stereocenters. The third kappa shape index (κ3) is 5.71. The molecule has 0 aliphatic rings. The topological polar surface area (TPSA) is 45.5 Å². The van der Waals surface area contributed by atoms with Crippen LogP contribution in [0.15, 0.2) is 243 Å². The normalized spacial score (nSPS) is 11.8. The summed E-state index contributed by atoms with van der Waals surface area (Å²) in [5, 5.41) is 16.8. The molecule has 0 amide bonds. The smallest absolute Gasteiger partial charge is 0.168 e. The molecule has 4 aromatic heterocycles. The Morgan fingerprint density at radius 2 is 0.765 bits per heavy atom. The van der Waals surface area contributed by atoms with Crippen molar-refractivity contribution in [3.63, 3.8) is 0 Å². The van der Waals surface area contributed by atoms with E-state index in [1.807, 2.05) is 36.4 Å². The minimum Gasteiger partial charge on any atom is -0.309 e. The SMILES string of the molecule is c1ccc(-c2nnc(-c3ccccc3)n2-c2ccc3c(c2)c2ccccc2n3-c2ccccc2-c2cccc(-n3c4ccccc4c4c3ccc3c5ccccc5n(-c5ccccc5)c34)c2)cc1. The third-order valence-corrected chi connectivity index (χ3v) is 13.7. The van der Waals surface area contributed by atoms with E-state index in [-0.39, 0.29) is 0 Å². The lowest BCUT2D eigenvalue weighted by molar-refractivity contribution is 1.07. The van der Waals surface area contributed by atoms with Gasteiger partial charge in [-0.1, -0.05) is 170 Å². The van der Waals surface area contributed by atoms with Crippen molar-refractivity contribution in [1.29, 1.82) is 0 Å². The first-order chi connectivity index (χ1) is 33.8. The molecule has 10 aromatic carbocycles. The van der Waals surface area contributed by atoms with Gasteiger partial charge >= 0.3 is 0 Å². The minimum absolute atomic E-state index is 0.795. The van der Waals surface area contributed by atoms with Crippen molar-refractivity contribution in [2.75, 3.05) is 0 Å². The molecular formula is C62H40N6. The van der Waals surface area contributed by atoms with Crippen LogP contribution in [0.1, 0.15) is 0 Å². The van der Waals surface area contributed by atoms with E-state index in [1.165, 1.54) is 49.0 Å². The number of fused-ring (bicyclic) bond motifs is 10. The molecular weight excluding hydrogens is 829 g/mol. The number of aromatic nitrogens is 6. The second-order valence-corrected chi connectivity index (χ2v) is 17.4. The highest BCUT2D eigenvalue weighted by Crippen LogP contribution is 2.43. The summed E-state index contributed by atoms with van der Waals surface area (Å²) in [7, 11) is 0. The molecule has 0 fully saturated rings. The van der Waals surface area contributed by atoms with Gasteiger partial charge in [0.25, 0.3) is 0 Å². The first-order valence-electron chi connectivity index (χ1n) is 23.1. The van der Waals surface area contributed by atoms with Gasteiger partial charge in [-0.25, -0.2) is 0 Å². The fourth-order valence-corrected chi connectivity index (χ4v) is 10.8. The van der Waals surface area contributed by atoms with Crippen molar-refractivity contribution in [1.82, 2.24) is 28.5 Å². The van der Waals surface area contributed by atoms with E-state index in [9.17, 15) is 0 Å². The van der Waals surface area contributed by atoms with E-state index in [4.69, 9.17) is 10.2 Å². The molecule has 0 saturated heterocycles. The molecule has 4 heterocycles. The van der Waals surface area contributed by atoms with Gasteiger partial charge in [0, 0.05) is 60.4 Å². The van der Waals surface area contributed by atoms with Crippen molar-refractivity contribution in [2.24, 2.45) is 0 Å². The predicted molar refractivity (Wildman–Crippen MR) is 281 cm³/mol. The highest BCUT2D eigenvalue weighted by atomic mass is 15.3. The summed E-state index contributed by atoms with van der Waals surface area (Å²) in [6, 6.07) is 87.0. The summed E-state index contributed by atoms with van der Waals surface area (Å²) in [5.74, 6) is 1.59. The Bertz CT molecular complexity index is 4190. The summed E-state index contributed by atoms with van der Waals surface area (Å²) in [6.45, 7) is 0. The van der Waals surface area contributed by atoms with Crippen LogP contribution in [0.25, 0.3) is 122 Å². The second kappa shape index (κ2) is 15.2. The Kier molecular flexibility index (Phi) is 8.48. The molecule has 0 radical (unpaired) electrons. The number of hydrogen-bond donors (Lipinski definition) is 0. The Hall–Kier alpha value is -9.26. The highest BCUT2D eigenvalue weighted by molar-refractivity contribution is 6.26. The van der Waals surface area contributed by atoms with Crippen LogP contribution < -0.4 is 0 Å². The molecule has 0 bridgehead atoms. The largest absolute Gasteiger partial charge is 0.309 e. The summed E-state index contributed by atoms with van der Waals surface area (Å²) < 4.78 is 9.51. The fourth-order valence-electron chi connectivity index (χ4n) is 10.8. The predicted octanol–water partition coefficient (Wildman–Crippen LogP) is 15.6. The molecule has 0 spiro atoms. The van der Waals surface area contributed by atoms with Crippen molar-refractivity contribution < 1.29 is 0 Å². The maximum absolute atomic E-state index is 4.78. The average molecular weight is 869 g/mol. The first kappa shape index (κ1) is 38.1. The van der Waals surface area contributed by atoms with Crippen LogP contribution in [0.3, 0.4) is 0 Å². The van der Waals surface area contributed by atoms with Gasteiger partial charge < -0.3 is 13.7 Å². The second-order valence-electron chi connectivity index (χ2n) is 17.4. The molecule has 14 rings (SSSR count). The van der Waals surface area contributed by atoms with Gasteiger partial charge in [0.1, 0.15) is 0 Å². The van der Waals surface area contributed by atoms with Crippen molar-refractivity contribution >= 4 is 65.4 Å². The van der Waals surface area contributed by atoms with E-state index in [1.54, 1.807) is 0 Å². The molecule has 0 saturated carbocycles. The van der Waals surface area contributed by atoms with Crippen LogP contribution in [0.5, 0.6) is 0 Å². The molecule has 0 unspecified atom stereocenters. The standard InChI is InChI=1S/C62H40N6/c1-4-19-41(20-5-1)61-63-64-62(42-21-6-2-7-22-42)67(61)46-35-37-57-52(40-46)49-29-12-16-33-55(49)68(57)53-31-14-10-27-47(53)43-23-18-26-45(39-43)65-56-34-17-13-30-51(56)59-58(65)38-36-50-48-28-11-15-32-54(48)66(60(50)59)44-24-8-3-9-25-44/h1-40H. The van der Waals surface area contributed by atoms with Crippen molar-refractivity contribution in [3.8, 4) is 56.7 Å². The van der Waals surface area contributed by atoms with Crippen molar-refractivity contribution in [3.05, 3.63) is 243 Å². The number of rotatable bonds is 7. The van der Waals surface area contributed by atoms with E-state index in [2.05, 4.69) is 225 Å². The Balaban J connectivity index is 0.956. The van der Waals surface area contributed by atoms with Crippen LogP contribution >= 0.6 is 0 Å². The van der Waals surface area contributed by atoms with E-state index >= 15 is 0 Å². The first-order valence-corrected chi connectivity index (χ1v) is 23.1. The lowest BCUT2D eigenvalue weighted by atomic mass is 10.0. The fraction of sp³-hybridized carbons (Fsp3) is 0. The summed E-state index contributed by atoms with van der Waals surface area (Å²) in [6.07, 6.45) is 0. The Labute approximate surface area is 391 Å². The van der Waals surface area contributed by atoms with Gasteiger partial charge in [-0.2, -0.15) is 0 Å². The maximum atomic E-state index is 4.78. The van der Waals surface area contributed by atoms with Gasteiger partial charge in [-0.3, -0.25) is 4.57 Å². The molecule has 68 heavy (non-hydrogen) atoms. The van der Waals surface area contributed by atoms with E-state index < -0.39 is 0 Å². The molecule has 14 aromatic rings. The molecule has 318 valence electrons. The Morgan fingerprint density at radius 1 is 0.265 bits per heavy atom. The van der Waals surface area contributed by atoms with Gasteiger partial charge in [0.2, 0.25) is 0 Å². The lowest BCUT2D eigenvalue weighted by Crippen LogP contribution is -2.01. The van der Waals surface area contributed by atoms with Gasteiger partial charge in [0.15, 0.2) is 11.6 Å². The zero-order valence-corrected chi connectivity index (χ0v) is 36.8. The monoisotopic (exact) mass is 868 g/mol. The molecule has 6 heteroatoms. The van der Waals surface area contributed by atoms with Gasteiger partial charge in [0.05, 0.1) is 44.5 Å². The van der Waals surface area contributed by atoms with Crippen LogP contribution in [-0.4, -0.2) is 28.5 Å². The quantitative estimate of drug-likeness (QED) is 0.160. The number of para-hydroxylation sites is 5. The summed E-state index contributed by atoms with van der Waals surface area (Å²) >= 11 is 0. The molecule has 0 N–H and O–H groups in total. The molecule has 0 aliphatic heterocycles. The zero-order valence-electron chi connectivity index (χ0n) is 36.8. The highest BCUT2D eigenvalue weighted by Gasteiger charge is 2.23. The van der Waals surface area contributed by atoms with Crippen LogP contribution in [0.2, 0.25) is 0 Å². The number of benzene rings is 10. The van der Waals surface area contributed by atoms with Crippen LogP contribution in [0.4, 0.5) is 0 Å². The Morgan fingerprint density at radius 3 is 1.47 bits per heavy atom. The number of nitrogens with zero attached hydrogens (tertiary/aromatic N) is 6. The van der Waals surface area contributed by atoms with Crippen LogP contribution in [0, 0.1) is 0 Å². The maximum Gasteiger partial charge on any atom is 0.168 e. The lowest BCUT2D eigenvalue weighted by Gasteiger charge is -2.16. The number of hydrogen-bond acceptors (Lipinski definition) is 2. The zero-order chi connectivity index (χ0) is 44.7. The minimum atomic E-state index is 0.795. The molecule has 6 nitrogen and oxygen atoms in total. The third-order valence-electron chi connectivity index (χ3n) is 13.7. The van der Waals surface area contributed by atoms with Crippen LogP contribution in [-0.2, 0) is 0 Å². The van der Waals surface area contributed by atoms with Gasteiger partial charge in [-0.05, 0) is 78.4 Å². The average Bonchev–Trinajstić information content (AvgIpc) is 4.18. The van der Waals surface area contributed by atoms with Gasteiger partial charge in [-0.15, -0.1) is 10.2 Å². The van der Waals surface area contributed by atoms with E-state index in [0.29, 0.717) is 0 Å². The van der Waals surface area contributed by atoms with E-state index in [0.717, 1.165) is 73.1 Å².